The summed E-state index contributed by atoms with van der Waals surface area (Å²) in [5.41, 5.74) is 1.85. The summed E-state index contributed by atoms with van der Waals surface area (Å²) in [5, 5.41) is 18.2. The molecule has 0 aliphatic rings. The van der Waals surface area contributed by atoms with Gasteiger partial charge in [0.15, 0.2) is 0 Å². The molecule has 78 valence electrons. The van der Waals surface area contributed by atoms with Crippen molar-refractivity contribution in [2.24, 2.45) is 0 Å². The standard InChI is InChI=1S/C11H17NO2/c1-9(7-13)12(2)11-6-4-3-5-10(11)8-14/h3-6,9,13-14H,7-8H2,1-2H3. The van der Waals surface area contributed by atoms with Crippen LogP contribution in [0, 0.1) is 0 Å². The van der Waals surface area contributed by atoms with E-state index in [1.165, 1.54) is 0 Å². The van der Waals surface area contributed by atoms with E-state index >= 15 is 0 Å². The molecule has 0 fully saturated rings. The molecule has 0 aromatic heterocycles. The first kappa shape index (κ1) is 11.0. The predicted octanol–water partition coefficient (Wildman–Crippen LogP) is 0.996. The molecule has 0 aliphatic heterocycles. The molecule has 0 aliphatic carbocycles. The number of anilines is 1. The molecular formula is C11H17NO2. The summed E-state index contributed by atoms with van der Waals surface area (Å²) in [4.78, 5) is 1.96. The van der Waals surface area contributed by atoms with E-state index in [2.05, 4.69) is 0 Å². The molecule has 0 saturated carbocycles. The van der Waals surface area contributed by atoms with Gasteiger partial charge >= 0.3 is 0 Å². The molecule has 1 rings (SSSR count). The lowest BCUT2D eigenvalue weighted by molar-refractivity contribution is 0.267. The Morgan fingerprint density at radius 3 is 2.50 bits per heavy atom. The SMILES string of the molecule is CC(CO)N(C)c1ccccc1CO. The first-order valence-corrected chi connectivity index (χ1v) is 4.73. The van der Waals surface area contributed by atoms with Gasteiger partial charge in [0.1, 0.15) is 0 Å². The van der Waals surface area contributed by atoms with Crippen LogP contribution in [0.3, 0.4) is 0 Å². The number of hydrogen-bond donors (Lipinski definition) is 2. The van der Waals surface area contributed by atoms with Crippen molar-refractivity contribution >= 4 is 5.69 Å². The average Bonchev–Trinajstić information content (AvgIpc) is 2.26. The van der Waals surface area contributed by atoms with Crippen molar-refractivity contribution in [2.45, 2.75) is 19.6 Å². The number of likely N-dealkylation sites (N-methyl/N-ethyl adjacent to an activating group) is 1. The Labute approximate surface area is 84.6 Å². The van der Waals surface area contributed by atoms with Gasteiger partial charge in [-0.15, -0.1) is 0 Å². The Morgan fingerprint density at radius 2 is 1.93 bits per heavy atom. The molecule has 1 atom stereocenters. The number of benzene rings is 1. The Bertz CT molecular complexity index is 288. The van der Waals surface area contributed by atoms with Crippen LogP contribution in [0.5, 0.6) is 0 Å². The van der Waals surface area contributed by atoms with Gasteiger partial charge in [-0.25, -0.2) is 0 Å². The van der Waals surface area contributed by atoms with E-state index in [9.17, 15) is 0 Å². The summed E-state index contributed by atoms with van der Waals surface area (Å²) in [6.07, 6.45) is 0. The zero-order chi connectivity index (χ0) is 10.6. The fraction of sp³-hybridized carbons (Fsp3) is 0.455. The molecule has 0 radical (unpaired) electrons. The maximum absolute atomic E-state index is 9.13. The van der Waals surface area contributed by atoms with Crippen molar-refractivity contribution in [3.63, 3.8) is 0 Å². The quantitative estimate of drug-likeness (QED) is 0.753. The normalized spacial score (nSPS) is 12.6. The van der Waals surface area contributed by atoms with Crippen LogP contribution < -0.4 is 4.90 Å². The highest BCUT2D eigenvalue weighted by Crippen LogP contribution is 2.20. The first-order valence-electron chi connectivity index (χ1n) is 4.73. The van der Waals surface area contributed by atoms with E-state index in [1.807, 2.05) is 43.1 Å². The largest absolute Gasteiger partial charge is 0.394 e. The lowest BCUT2D eigenvalue weighted by atomic mass is 10.1. The third kappa shape index (κ3) is 2.25. The second kappa shape index (κ2) is 4.98. The van der Waals surface area contributed by atoms with Gasteiger partial charge in [-0.3, -0.25) is 0 Å². The van der Waals surface area contributed by atoms with Crippen molar-refractivity contribution in [1.29, 1.82) is 0 Å². The van der Waals surface area contributed by atoms with Crippen LogP contribution in [0.4, 0.5) is 5.69 Å². The topological polar surface area (TPSA) is 43.7 Å². The zero-order valence-electron chi connectivity index (χ0n) is 8.64. The van der Waals surface area contributed by atoms with E-state index in [0.29, 0.717) is 0 Å². The lowest BCUT2D eigenvalue weighted by Crippen LogP contribution is -2.32. The van der Waals surface area contributed by atoms with Crippen molar-refractivity contribution in [3.8, 4) is 0 Å². The smallest absolute Gasteiger partial charge is 0.0702 e. The monoisotopic (exact) mass is 195 g/mol. The fourth-order valence-electron chi connectivity index (χ4n) is 1.35. The molecule has 0 spiro atoms. The summed E-state index contributed by atoms with van der Waals surface area (Å²) in [6.45, 7) is 2.07. The van der Waals surface area contributed by atoms with Gasteiger partial charge < -0.3 is 15.1 Å². The summed E-state index contributed by atoms with van der Waals surface area (Å²) in [7, 11) is 1.91. The maximum Gasteiger partial charge on any atom is 0.0702 e. The minimum atomic E-state index is 0.0265. The zero-order valence-corrected chi connectivity index (χ0v) is 8.64. The lowest BCUT2D eigenvalue weighted by Gasteiger charge is -2.27. The van der Waals surface area contributed by atoms with Gasteiger partial charge in [-0.2, -0.15) is 0 Å². The molecule has 0 bridgehead atoms. The molecule has 1 aromatic rings. The van der Waals surface area contributed by atoms with Crippen LogP contribution in [0.25, 0.3) is 0 Å². The van der Waals surface area contributed by atoms with Crippen LogP contribution in [0.15, 0.2) is 24.3 Å². The third-order valence-electron chi connectivity index (χ3n) is 2.47. The van der Waals surface area contributed by atoms with Crippen molar-refractivity contribution < 1.29 is 10.2 Å². The maximum atomic E-state index is 9.13. The Hall–Kier alpha value is -1.06. The van der Waals surface area contributed by atoms with Crippen molar-refractivity contribution in [2.75, 3.05) is 18.6 Å². The minimum absolute atomic E-state index is 0.0265. The highest BCUT2D eigenvalue weighted by molar-refractivity contribution is 5.53. The average molecular weight is 195 g/mol. The van der Waals surface area contributed by atoms with Crippen LogP contribution in [0.2, 0.25) is 0 Å². The van der Waals surface area contributed by atoms with Gasteiger partial charge in [0.25, 0.3) is 0 Å². The summed E-state index contributed by atoms with van der Waals surface area (Å²) in [5.74, 6) is 0. The highest BCUT2D eigenvalue weighted by Gasteiger charge is 2.11. The van der Waals surface area contributed by atoms with Crippen LogP contribution in [-0.2, 0) is 6.61 Å². The van der Waals surface area contributed by atoms with Crippen LogP contribution in [0.1, 0.15) is 12.5 Å². The van der Waals surface area contributed by atoms with Crippen molar-refractivity contribution in [1.82, 2.24) is 0 Å². The first-order chi connectivity index (χ1) is 6.70. The van der Waals surface area contributed by atoms with Gasteiger partial charge in [0, 0.05) is 24.3 Å². The third-order valence-corrected chi connectivity index (χ3v) is 2.47. The molecule has 1 unspecified atom stereocenters. The fourth-order valence-corrected chi connectivity index (χ4v) is 1.35. The second-order valence-corrected chi connectivity index (χ2v) is 3.43. The molecule has 2 N–H and O–H groups in total. The molecule has 0 amide bonds. The molecule has 0 heterocycles. The van der Waals surface area contributed by atoms with Gasteiger partial charge in [-0.1, -0.05) is 18.2 Å². The number of aliphatic hydroxyl groups excluding tert-OH is 2. The molecule has 1 aromatic carbocycles. The number of hydrogen-bond acceptors (Lipinski definition) is 3. The number of para-hydroxylation sites is 1. The van der Waals surface area contributed by atoms with Crippen LogP contribution in [-0.4, -0.2) is 29.9 Å². The van der Waals surface area contributed by atoms with E-state index in [0.717, 1.165) is 11.3 Å². The molecule has 3 heteroatoms. The predicted molar refractivity (Wildman–Crippen MR) is 57.3 cm³/mol. The van der Waals surface area contributed by atoms with E-state index in [1.54, 1.807) is 0 Å². The van der Waals surface area contributed by atoms with Crippen molar-refractivity contribution in [3.05, 3.63) is 29.8 Å². The van der Waals surface area contributed by atoms with Gasteiger partial charge in [0.05, 0.1) is 13.2 Å². The Kier molecular flexibility index (Phi) is 3.92. The number of rotatable bonds is 4. The summed E-state index contributed by atoms with van der Waals surface area (Å²) < 4.78 is 0. The van der Waals surface area contributed by atoms with E-state index in [-0.39, 0.29) is 19.3 Å². The van der Waals surface area contributed by atoms with E-state index < -0.39 is 0 Å². The van der Waals surface area contributed by atoms with E-state index in [4.69, 9.17) is 10.2 Å². The molecule has 14 heavy (non-hydrogen) atoms. The van der Waals surface area contributed by atoms with Gasteiger partial charge in [0.2, 0.25) is 0 Å². The summed E-state index contributed by atoms with van der Waals surface area (Å²) in [6, 6.07) is 7.71. The Balaban J connectivity index is 2.93. The summed E-state index contributed by atoms with van der Waals surface area (Å²) >= 11 is 0. The number of nitrogens with zero attached hydrogens (tertiary/aromatic N) is 1. The second-order valence-electron chi connectivity index (χ2n) is 3.43. The number of aliphatic hydroxyl groups is 2. The Morgan fingerprint density at radius 1 is 1.29 bits per heavy atom. The highest BCUT2D eigenvalue weighted by atomic mass is 16.3. The van der Waals surface area contributed by atoms with Crippen LogP contribution >= 0.6 is 0 Å². The van der Waals surface area contributed by atoms with Gasteiger partial charge in [-0.05, 0) is 13.0 Å². The molecule has 3 nitrogen and oxygen atoms in total. The molecular weight excluding hydrogens is 178 g/mol. The molecule has 0 saturated heterocycles. The minimum Gasteiger partial charge on any atom is -0.394 e.